The number of carbonyl (C=O) groups is 1. The third kappa shape index (κ3) is 3.30. The Labute approximate surface area is 151 Å². The number of hydrogen-bond donors (Lipinski definition) is 1. The first-order valence-corrected chi connectivity index (χ1v) is 8.57. The molecule has 1 N–H and O–H groups in total. The van der Waals surface area contributed by atoms with E-state index < -0.39 is 6.09 Å². The topological polar surface area (TPSA) is 76.8 Å². The van der Waals surface area contributed by atoms with Crippen molar-refractivity contribution in [2.24, 2.45) is 0 Å². The standard InChI is InChI=1S/C19H23N3O4/c1-4-21(2)8-5-9-26-18-11-16-13(10-17(18)25-3)14-12-20-7-6-15(14)22(16)19(23)24/h6-7,10-12H,4-5,8-9H2,1-3H3,(H,23,24). The van der Waals surface area contributed by atoms with Gasteiger partial charge < -0.3 is 19.5 Å². The maximum Gasteiger partial charge on any atom is 0.416 e. The first-order valence-electron chi connectivity index (χ1n) is 8.57. The number of ether oxygens (including phenoxy) is 2. The van der Waals surface area contributed by atoms with Gasteiger partial charge in [0.25, 0.3) is 0 Å². The van der Waals surface area contributed by atoms with E-state index in [-0.39, 0.29) is 0 Å². The Morgan fingerprint density at radius 3 is 2.77 bits per heavy atom. The molecule has 2 aromatic heterocycles. The van der Waals surface area contributed by atoms with Gasteiger partial charge in [0.2, 0.25) is 0 Å². The van der Waals surface area contributed by atoms with Crippen molar-refractivity contribution >= 4 is 27.9 Å². The largest absolute Gasteiger partial charge is 0.493 e. The molecule has 0 fully saturated rings. The predicted molar refractivity (Wildman–Crippen MR) is 100 cm³/mol. The van der Waals surface area contributed by atoms with Crippen molar-refractivity contribution in [1.29, 1.82) is 0 Å². The minimum atomic E-state index is -1.04. The molecule has 3 aromatic rings. The molecule has 0 amide bonds. The Bertz CT molecular complexity index is 935. The minimum absolute atomic E-state index is 0.529. The summed E-state index contributed by atoms with van der Waals surface area (Å²) >= 11 is 0. The number of carboxylic acid groups (broad SMARTS) is 1. The summed E-state index contributed by atoms with van der Waals surface area (Å²) in [5, 5.41) is 11.2. The molecule has 7 nitrogen and oxygen atoms in total. The van der Waals surface area contributed by atoms with E-state index in [1.165, 1.54) is 4.57 Å². The Hall–Kier alpha value is -2.80. The van der Waals surface area contributed by atoms with Gasteiger partial charge in [-0.05, 0) is 32.1 Å². The zero-order valence-electron chi connectivity index (χ0n) is 15.2. The van der Waals surface area contributed by atoms with Crippen LogP contribution in [0.2, 0.25) is 0 Å². The smallest absolute Gasteiger partial charge is 0.416 e. The van der Waals surface area contributed by atoms with Gasteiger partial charge in [0.15, 0.2) is 11.5 Å². The molecule has 7 heteroatoms. The first kappa shape index (κ1) is 18.0. The van der Waals surface area contributed by atoms with E-state index in [9.17, 15) is 9.90 Å². The van der Waals surface area contributed by atoms with E-state index in [2.05, 4.69) is 23.9 Å². The fraction of sp³-hybridized carbons (Fsp3) is 0.368. The average molecular weight is 357 g/mol. The lowest BCUT2D eigenvalue weighted by Crippen LogP contribution is -2.20. The number of hydrogen-bond acceptors (Lipinski definition) is 5. The van der Waals surface area contributed by atoms with Gasteiger partial charge in [0.1, 0.15) is 0 Å². The number of fused-ring (bicyclic) bond motifs is 3. The van der Waals surface area contributed by atoms with Gasteiger partial charge in [-0.1, -0.05) is 6.92 Å². The second kappa shape index (κ2) is 7.61. The van der Waals surface area contributed by atoms with Crippen molar-refractivity contribution < 1.29 is 19.4 Å². The summed E-state index contributed by atoms with van der Waals surface area (Å²) in [7, 11) is 3.64. The molecule has 26 heavy (non-hydrogen) atoms. The number of nitrogens with zero attached hydrogens (tertiary/aromatic N) is 3. The lowest BCUT2D eigenvalue weighted by atomic mass is 10.2. The Balaban J connectivity index is 2.00. The summed E-state index contributed by atoms with van der Waals surface area (Å²) in [5.74, 6) is 1.12. The maximum absolute atomic E-state index is 11.8. The van der Waals surface area contributed by atoms with E-state index in [1.54, 1.807) is 31.6 Å². The molecular weight excluding hydrogens is 334 g/mol. The zero-order valence-corrected chi connectivity index (χ0v) is 15.2. The van der Waals surface area contributed by atoms with E-state index >= 15 is 0 Å². The van der Waals surface area contributed by atoms with Gasteiger partial charge in [-0.3, -0.25) is 4.98 Å². The summed E-state index contributed by atoms with van der Waals surface area (Å²) < 4.78 is 12.6. The second-order valence-corrected chi connectivity index (χ2v) is 6.13. The fourth-order valence-corrected chi connectivity index (χ4v) is 3.02. The van der Waals surface area contributed by atoms with Gasteiger partial charge in [0.05, 0.1) is 24.8 Å². The summed E-state index contributed by atoms with van der Waals surface area (Å²) in [4.78, 5) is 18.1. The third-order valence-corrected chi connectivity index (χ3v) is 4.52. The van der Waals surface area contributed by atoms with Gasteiger partial charge in [-0.15, -0.1) is 0 Å². The Kier molecular flexibility index (Phi) is 5.27. The SMILES string of the molecule is CCN(C)CCCOc1cc2c(cc1OC)c1cnccc1n2C(=O)O. The van der Waals surface area contributed by atoms with Crippen LogP contribution in [-0.4, -0.2) is 59.5 Å². The lowest BCUT2D eigenvalue weighted by molar-refractivity contribution is 0.198. The van der Waals surface area contributed by atoms with Crippen molar-refractivity contribution in [1.82, 2.24) is 14.5 Å². The molecule has 3 rings (SSSR count). The maximum atomic E-state index is 11.8. The Morgan fingerprint density at radius 1 is 1.27 bits per heavy atom. The van der Waals surface area contributed by atoms with Crippen LogP contribution in [0.4, 0.5) is 4.79 Å². The fourth-order valence-electron chi connectivity index (χ4n) is 3.02. The highest BCUT2D eigenvalue weighted by atomic mass is 16.5. The molecule has 0 bridgehead atoms. The van der Waals surface area contributed by atoms with Crippen molar-refractivity contribution in [3.8, 4) is 11.5 Å². The summed E-state index contributed by atoms with van der Waals surface area (Å²) in [6.07, 6.45) is 3.08. The molecule has 1 aromatic carbocycles. The third-order valence-electron chi connectivity index (χ3n) is 4.52. The van der Waals surface area contributed by atoms with Crippen molar-refractivity contribution in [3.05, 3.63) is 30.6 Å². The highest BCUT2D eigenvalue weighted by molar-refractivity contribution is 6.12. The summed E-state index contributed by atoms with van der Waals surface area (Å²) in [5.41, 5.74) is 1.15. The van der Waals surface area contributed by atoms with Crippen molar-refractivity contribution in [2.75, 3.05) is 33.9 Å². The van der Waals surface area contributed by atoms with Crippen LogP contribution in [0.5, 0.6) is 11.5 Å². The van der Waals surface area contributed by atoms with Crippen LogP contribution >= 0.6 is 0 Å². The molecular formula is C19H23N3O4. The number of pyridine rings is 1. The van der Waals surface area contributed by atoms with Crippen LogP contribution in [0.1, 0.15) is 13.3 Å². The van der Waals surface area contributed by atoms with Crippen molar-refractivity contribution in [2.45, 2.75) is 13.3 Å². The molecule has 0 saturated carbocycles. The second-order valence-electron chi connectivity index (χ2n) is 6.13. The number of methoxy groups -OCH3 is 1. The molecule has 0 aliphatic rings. The van der Waals surface area contributed by atoms with Crippen LogP contribution in [0.3, 0.4) is 0 Å². The molecule has 0 saturated heterocycles. The first-order chi connectivity index (χ1) is 12.6. The summed E-state index contributed by atoms with van der Waals surface area (Å²) in [6, 6.07) is 5.23. The number of benzene rings is 1. The molecule has 0 unspecified atom stereocenters. The van der Waals surface area contributed by atoms with Crippen LogP contribution < -0.4 is 9.47 Å². The van der Waals surface area contributed by atoms with Crippen LogP contribution in [-0.2, 0) is 0 Å². The molecule has 0 aliphatic carbocycles. The van der Waals surface area contributed by atoms with E-state index in [0.29, 0.717) is 29.1 Å². The average Bonchev–Trinajstić information content (AvgIpc) is 2.97. The normalized spacial score (nSPS) is 11.4. The Morgan fingerprint density at radius 2 is 2.08 bits per heavy atom. The number of aromatic nitrogens is 2. The zero-order chi connectivity index (χ0) is 18.7. The van der Waals surface area contributed by atoms with Gasteiger partial charge in [-0.2, -0.15) is 0 Å². The van der Waals surface area contributed by atoms with E-state index in [4.69, 9.17) is 9.47 Å². The van der Waals surface area contributed by atoms with Crippen LogP contribution in [0, 0.1) is 0 Å². The molecule has 138 valence electrons. The highest BCUT2D eigenvalue weighted by Gasteiger charge is 2.18. The molecule has 2 heterocycles. The molecule has 0 atom stereocenters. The minimum Gasteiger partial charge on any atom is -0.493 e. The van der Waals surface area contributed by atoms with E-state index in [1.807, 2.05) is 6.07 Å². The molecule has 0 spiro atoms. The quantitative estimate of drug-likeness (QED) is 0.653. The van der Waals surface area contributed by atoms with Crippen LogP contribution in [0.15, 0.2) is 30.6 Å². The predicted octanol–water partition coefficient (Wildman–Crippen LogP) is 3.44. The van der Waals surface area contributed by atoms with Gasteiger partial charge in [-0.25, -0.2) is 9.36 Å². The van der Waals surface area contributed by atoms with Crippen molar-refractivity contribution in [3.63, 3.8) is 0 Å². The summed E-state index contributed by atoms with van der Waals surface area (Å²) in [6.45, 7) is 4.56. The monoisotopic (exact) mass is 357 g/mol. The van der Waals surface area contributed by atoms with Crippen LogP contribution in [0.25, 0.3) is 21.8 Å². The van der Waals surface area contributed by atoms with Gasteiger partial charge in [0, 0.05) is 35.8 Å². The van der Waals surface area contributed by atoms with Gasteiger partial charge >= 0.3 is 6.09 Å². The molecule has 0 aliphatic heterocycles. The highest BCUT2D eigenvalue weighted by Crippen LogP contribution is 2.37. The number of rotatable bonds is 7. The lowest BCUT2D eigenvalue weighted by Gasteiger charge is -2.15. The van der Waals surface area contributed by atoms with E-state index in [0.717, 1.165) is 30.3 Å². The molecule has 0 radical (unpaired) electrons.